The molecule has 2 rings (SSSR count). The molecule has 0 amide bonds. The molecule has 0 saturated carbocycles. The minimum atomic E-state index is -0.610. The van der Waals surface area contributed by atoms with E-state index in [2.05, 4.69) is 0 Å². The second-order valence-corrected chi connectivity index (χ2v) is 6.03. The van der Waals surface area contributed by atoms with E-state index in [1.54, 1.807) is 26.0 Å². The molecular weight excluding hydrogens is 352 g/mol. The summed E-state index contributed by atoms with van der Waals surface area (Å²) in [7, 11) is 4.16. The zero-order valence-corrected chi connectivity index (χ0v) is 16.3. The third kappa shape index (κ3) is 3.64. The molecule has 0 heterocycles. The largest absolute Gasteiger partial charge is 0.504 e. The van der Waals surface area contributed by atoms with Crippen molar-refractivity contribution in [2.24, 2.45) is 0 Å². The van der Waals surface area contributed by atoms with Crippen molar-refractivity contribution < 1.29 is 34.0 Å². The van der Waals surface area contributed by atoms with Crippen LogP contribution in [-0.2, 0) is 11.3 Å². The van der Waals surface area contributed by atoms with Crippen LogP contribution in [-0.4, -0.2) is 37.5 Å². The summed E-state index contributed by atoms with van der Waals surface area (Å²) in [5.41, 5.74) is 2.12. The lowest BCUT2D eigenvalue weighted by Gasteiger charge is -2.20. The van der Waals surface area contributed by atoms with Crippen LogP contribution in [0.2, 0.25) is 0 Å². The van der Waals surface area contributed by atoms with Gasteiger partial charge in [0.15, 0.2) is 11.5 Å². The second kappa shape index (κ2) is 8.18. The second-order valence-electron chi connectivity index (χ2n) is 6.03. The molecule has 0 aliphatic heterocycles. The zero-order chi connectivity index (χ0) is 20.3. The third-order valence-electron chi connectivity index (χ3n) is 4.35. The van der Waals surface area contributed by atoms with E-state index in [0.29, 0.717) is 28.2 Å². The van der Waals surface area contributed by atoms with Gasteiger partial charge in [-0.3, -0.25) is 0 Å². The van der Waals surface area contributed by atoms with Crippen molar-refractivity contribution in [3.63, 3.8) is 0 Å². The summed E-state index contributed by atoms with van der Waals surface area (Å²) >= 11 is 0. The maximum Gasteiger partial charge on any atom is 0.342 e. The quantitative estimate of drug-likeness (QED) is 0.746. The van der Waals surface area contributed by atoms with Gasteiger partial charge < -0.3 is 29.2 Å². The number of phenolic OH excluding ortho intramolecular Hbond substituents is 1. The maximum absolute atomic E-state index is 12.3. The van der Waals surface area contributed by atoms with Crippen LogP contribution in [0.25, 0.3) is 0 Å². The summed E-state index contributed by atoms with van der Waals surface area (Å²) in [5, 5.41) is 20.4. The number of esters is 1. The highest BCUT2D eigenvalue weighted by molar-refractivity contribution is 5.96. The van der Waals surface area contributed by atoms with Crippen molar-refractivity contribution in [2.75, 3.05) is 21.3 Å². The summed E-state index contributed by atoms with van der Waals surface area (Å²) < 4.78 is 21.4. The fourth-order valence-corrected chi connectivity index (χ4v) is 2.94. The van der Waals surface area contributed by atoms with Gasteiger partial charge in [-0.25, -0.2) is 4.79 Å². The molecule has 0 atom stereocenters. The standard InChI is InChI=1S/C20H24O7/c1-10-7-14(24-4)13(9-21)15(8-10)27-19-11(2)16(20(23)26-6)18(25-5)12(3)17(19)22/h7-8,21-22H,9H2,1-6H3. The lowest BCUT2D eigenvalue weighted by Crippen LogP contribution is -2.09. The fourth-order valence-electron chi connectivity index (χ4n) is 2.94. The molecule has 0 spiro atoms. The highest BCUT2D eigenvalue weighted by Crippen LogP contribution is 2.46. The number of hydrogen-bond acceptors (Lipinski definition) is 7. The summed E-state index contributed by atoms with van der Waals surface area (Å²) in [6.07, 6.45) is 0. The molecule has 2 aromatic carbocycles. The SMILES string of the molecule is COC(=O)c1c(C)c(Oc2cc(C)cc(OC)c2CO)c(O)c(C)c1OC. The van der Waals surface area contributed by atoms with E-state index in [4.69, 9.17) is 18.9 Å². The first-order chi connectivity index (χ1) is 12.8. The third-order valence-corrected chi connectivity index (χ3v) is 4.35. The molecule has 7 heteroatoms. The molecule has 2 N–H and O–H groups in total. The van der Waals surface area contributed by atoms with E-state index in [9.17, 15) is 15.0 Å². The Labute approximate surface area is 158 Å². The average Bonchev–Trinajstić information content (AvgIpc) is 2.66. The minimum absolute atomic E-state index is 0.0797. The Morgan fingerprint density at radius 2 is 1.59 bits per heavy atom. The number of methoxy groups -OCH3 is 3. The number of ether oxygens (including phenoxy) is 4. The Bertz CT molecular complexity index is 872. The number of hydrogen-bond donors (Lipinski definition) is 2. The Hall–Kier alpha value is -2.93. The van der Waals surface area contributed by atoms with Crippen LogP contribution >= 0.6 is 0 Å². The minimum Gasteiger partial charge on any atom is -0.504 e. The van der Waals surface area contributed by atoms with Crippen LogP contribution in [0.4, 0.5) is 0 Å². The topological polar surface area (TPSA) is 94.5 Å². The predicted octanol–water partition coefficient (Wildman–Crippen LogP) is 3.41. The number of benzene rings is 2. The molecule has 0 aliphatic carbocycles. The normalized spacial score (nSPS) is 10.5. The van der Waals surface area contributed by atoms with Crippen molar-refractivity contribution in [3.8, 4) is 28.7 Å². The predicted molar refractivity (Wildman–Crippen MR) is 99.2 cm³/mol. The van der Waals surface area contributed by atoms with Gasteiger partial charge in [-0.15, -0.1) is 0 Å². The van der Waals surface area contributed by atoms with Gasteiger partial charge in [0.25, 0.3) is 0 Å². The number of aromatic hydroxyl groups is 1. The van der Waals surface area contributed by atoms with Crippen LogP contribution in [0.15, 0.2) is 12.1 Å². The van der Waals surface area contributed by atoms with Crippen molar-refractivity contribution in [3.05, 3.63) is 39.9 Å². The summed E-state index contributed by atoms with van der Waals surface area (Å²) in [5.74, 6) is 0.295. The van der Waals surface area contributed by atoms with E-state index >= 15 is 0 Å². The highest BCUT2D eigenvalue weighted by Gasteiger charge is 2.27. The molecular formula is C20H24O7. The van der Waals surface area contributed by atoms with Crippen molar-refractivity contribution >= 4 is 5.97 Å². The monoisotopic (exact) mass is 376 g/mol. The first-order valence-electron chi connectivity index (χ1n) is 8.25. The average molecular weight is 376 g/mol. The number of aliphatic hydroxyl groups excluding tert-OH is 1. The smallest absolute Gasteiger partial charge is 0.342 e. The van der Waals surface area contributed by atoms with Gasteiger partial charge in [0.05, 0.1) is 33.5 Å². The number of aliphatic hydroxyl groups is 1. The van der Waals surface area contributed by atoms with Crippen molar-refractivity contribution in [1.29, 1.82) is 0 Å². The molecule has 0 aliphatic rings. The summed E-state index contributed by atoms with van der Waals surface area (Å²) in [6, 6.07) is 3.48. The number of aryl methyl sites for hydroxylation is 1. The van der Waals surface area contributed by atoms with Crippen LogP contribution in [0, 0.1) is 20.8 Å². The first kappa shape index (κ1) is 20.4. The molecule has 0 bridgehead atoms. The van der Waals surface area contributed by atoms with Gasteiger partial charge in [0.1, 0.15) is 22.8 Å². The Morgan fingerprint density at radius 3 is 2.11 bits per heavy atom. The van der Waals surface area contributed by atoms with Gasteiger partial charge in [-0.1, -0.05) is 0 Å². The molecule has 0 radical (unpaired) electrons. The highest BCUT2D eigenvalue weighted by atomic mass is 16.5. The first-order valence-corrected chi connectivity index (χ1v) is 8.25. The Balaban J connectivity index is 2.73. The lowest BCUT2D eigenvalue weighted by atomic mass is 10.0. The van der Waals surface area contributed by atoms with Gasteiger partial charge in [-0.05, 0) is 38.5 Å². The molecule has 146 valence electrons. The zero-order valence-electron chi connectivity index (χ0n) is 16.3. The van der Waals surface area contributed by atoms with E-state index in [-0.39, 0.29) is 29.4 Å². The van der Waals surface area contributed by atoms with Gasteiger partial charge in [0, 0.05) is 11.1 Å². The van der Waals surface area contributed by atoms with Gasteiger partial charge >= 0.3 is 5.97 Å². The van der Waals surface area contributed by atoms with E-state index in [1.165, 1.54) is 21.3 Å². The van der Waals surface area contributed by atoms with Crippen molar-refractivity contribution in [1.82, 2.24) is 0 Å². The fraction of sp³-hybridized carbons (Fsp3) is 0.350. The summed E-state index contributed by atoms with van der Waals surface area (Å²) in [6.45, 7) is 4.76. The molecule has 27 heavy (non-hydrogen) atoms. The number of carbonyl (C=O) groups is 1. The van der Waals surface area contributed by atoms with Crippen LogP contribution in [0.1, 0.15) is 32.6 Å². The Morgan fingerprint density at radius 1 is 0.963 bits per heavy atom. The van der Waals surface area contributed by atoms with Crippen LogP contribution in [0.5, 0.6) is 28.7 Å². The maximum atomic E-state index is 12.3. The summed E-state index contributed by atoms with van der Waals surface area (Å²) in [4.78, 5) is 12.3. The van der Waals surface area contributed by atoms with Gasteiger partial charge in [0.2, 0.25) is 0 Å². The number of carbonyl (C=O) groups excluding carboxylic acids is 1. The molecule has 7 nitrogen and oxygen atoms in total. The van der Waals surface area contributed by atoms with E-state index in [0.717, 1.165) is 5.56 Å². The molecule has 0 fully saturated rings. The Kier molecular flexibility index (Phi) is 6.17. The molecule has 0 aromatic heterocycles. The lowest BCUT2D eigenvalue weighted by molar-refractivity contribution is 0.0595. The van der Waals surface area contributed by atoms with E-state index in [1.807, 2.05) is 6.92 Å². The van der Waals surface area contributed by atoms with E-state index < -0.39 is 5.97 Å². The molecule has 0 unspecified atom stereocenters. The molecule has 0 saturated heterocycles. The van der Waals surface area contributed by atoms with Crippen molar-refractivity contribution in [2.45, 2.75) is 27.4 Å². The number of phenols is 1. The number of rotatable bonds is 6. The van der Waals surface area contributed by atoms with Crippen LogP contribution in [0.3, 0.4) is 0 Å². The van der Waals surface area contributed by atoms with Gasteiger partial charge in [-0.2, -0.15) is 0 Å². The molecule has 2 aromatic rings. The van der Waals surface area contributed by atoms with Crippen LogP contribution < -0.4 is 14.2 Å².